The van der Waals surface area contributed by atoms with E-state index < -0.39 is 0 Å². The molecule has 0 spiro atoms. The minimum absolute atomic E-state index is 0.0133. The molecule has 0 saturated heterocycles. The van der Waals surface area contributed by atoms with Crippen LogP contribution in [0.5, 0.6) is 0 Å². The molecule has 11 heavy (non-hydrogen) atoms. The van der Waals surface area contributed by atoms with Crippen molar-refractivity contribution in [3.05, 3.63) is 23.5 Å². The molecule has 0 fully saturated rings. The van der Waals surface area contributed by atoms with E-state index in [0.29, 0.717) is 5.69 Å². The van der Waals surface area contributed by atoms with Crippen LogP contribution < -0.4 is 5.73 Å². The zero-order valence-electron chi connectivity index (χ0n) is 6.79. The number of nitrogens with two attached hydrogens (primary N) is 1. The van der Waals surface area contributed by atoms with E-state index in [2.05, 4.69) is 0 Å². The van der Waals surface area contributed by atoms with Gasteiger partial charge in [0.25, 0.3) is 0 Å². The molecule has 3 nitrogen and oxygen atoms in total. The molecule has 0 aromatic carbocycles. The maximum Gasteiger partial charge on any atom is 0.192 e. The van der Waals surface area contributed by atoms with Crippen molar-refractivity contribution in [1.82, 2.24) is 4.57 Å². The second-order valence-corrected chi connectivity index (χ2v) is 2.55. The third kappa shape index (κ3) is 1.33. The van der Waals surface area contributed by atoms with Crippen molar-refractivity contribution >= 4 is 5.78 Å². The van der Waals surface area contributed by atoms with Gasteiger partial charge >= 0.3 is 0 Å². The summed E-state index contributed by atoms with van der Waals surface area (Å²) in [6.45, 7) is 2.03. The molecule has 1 heterocycles. The lowest BCUT2D eigenvalue weighted by Gasteiger charge is -2.01. The Kier molecular flexibility index (Phi) is 2.10. The van der Waals surface area contributed by atoms with Crippen LogP contribution in [0.1, 0.15) is 16.2 Å². The second kappa shape index (κ2) is 2.88. The Morgan fingerprint density at radius 2 is 2.27 bits per heavy atom. The summed E-state index contributed by atoms with van der Waals surface area (Å²) in [5.41, 5.74) is 6.98. The standard InChI is InChI=1S/C8H12N2O/c1-6-3-4-7(10(6)2)8(11)5-9/h3-4H,5,9H2,1-2H3. The van der Waals surface area contributed by atoms with Crippen LogP contribution in [-0.4, -0.2) is 16.9 Å². The molecule has 0 amide bonds. The molecule has 1 aromatic heterocycles. The third-order valence-electron chi connectivity index (χ3n) is 1.84. The summed E-state index contributed by atoms with van der Waals surface area (Å²) in [4.78, 5) is 11.1. The molecule has 0 aliphatic rings. The van der Waals surface area contributed by atoms with Gasteiger partial charge in [-0.05, 0) is 19.1 Å². The Hall–Kier alpha value is -1.09. The highest BCUT2D eigenvalue weighted by molar-refractivity contribution is 5.96. The van der Waals surface area contributed by atoms with Crippen LogP contribution in [0.15, 0.2) is 12.1 Å². The number of ketones is 1. The lowest BCUT2D eigenvalue weighted by Crippen LogP contribution is -2.16. The van der Waals surface area contributed by atoms with Gasteiger partial charge in [0.15, 0.2) is 5.78 Å². The minimum Gasteiger partial charge on any atom is -0.346 e. The normalized spacial score (nSPS) is 10.1. The zero-order chi connectivity index (χ0) is 8.43. The Balaban J connectivity index is 3.04. The highest BCUT2D eigenvalue weighted by atomic mass is 16.1. The van der Waals surface area contributed by atoms with Crippen molar-refractivity contribution in [3.8, 4) is 0 Å². The fourth-order valence-electron chi connectivity index (χ4n) is 0.998. The first-order chi connectivity index (χ1) is 5.16. The van der Waals surface area contributed by atoms with Crippen LogP contribution in [0, 0.1) is 6.92 Å². The Labute approximate surface area is 65.8 Å². The van der Waals surface area contributed by atoms with Crippen LogP contribution >= 0.6 is 0 Å². The first kappa shape index (κ1) is 8.01. The number of rotatable bonds is 2. The van der Waals surface area contributed by atoms with Gasteiger partial charge < -0.3 is 10.3 Å². The largest absolute Gasteiger partial charge is 0.346 e. The number of aryl methyl sites for hydroxylation is 1. The SMILES string of the molecule is Cc1ccc(C(=O)CN)n1C. The number of carbonyl (C=O) groups is 1. The Morgan fingerprint density at radius 1 is 1.64 bits per heavy atom. The summed E-state index contributed by atoms with van der Waals surface area (Å²) in [5.74, 6) is -0.0133. The smallest absolute Gasteiger partial charge is 0.192 e. The number of Topliss-reactive ketones (excluding diaryl/α,β-unsaturated/α-hetero) is 1. The molecule has 0 saturated carbocycles. The molecule has 60 valence electrons. The molecule has 1 aromatic rings. The third-order valence-corrected chi connectivity index (χ3v) is 1.84. The predicted molar refractivity (Wildman–Crippen MR) is 43.5 cm³/mol. The van der Waals surface area contributed by atoms with Crippen LogP contribution in [0.3, 0.4) is 0 Å². The van der Waals surface area contributed by atoms with Gasteiger partial charge in [0.05, 0.1) is 12.2 Å². The van der Waals surface area contributed by atoms with Crippen molar-refractivity contribution < 1.29 is 4.79 Å². The summed E-state index contributed by atoms with van der Waals surface area (Å²) in [7, 11) is 1.86. The first-order valence-electron chi connectivity index (χ1n) is 3.52. The van der Waals surface area contributed by atoms with Gasteiger partial charge in [-0.25, -0.2) is 0 Å². The average molecular weight is 152 g/mol. The maximum atomic E-state index is 11.1. The monoisotopic (exact) mass is 152 g/mol. The van der Waals surface area contributed by atoms with Crippen LogP contribution in [0.25, 0.3) is 0 Å². The highest BCUT2D eigenvalue weighted by Crippen LogP contribution is 2.05. The van der Waals surface area contributed by atoms with Crippen LogP contribution in [0.2, 0.25) is 0 Å². The molecular weight excluding hydrogens is 140 g/mol. The highest BCUT2D eigenvalue weighted by Gasteiger charge is 2.07. The lowest BCUT2D eigenvalue weighted by atomic mass is 10.3. The van der Waals surface area contributed by atoms with E-state index in [9.17, 15) is 4.79 Å². The van der Waals surface area contributed by atoms with E-state index in [4.69, 9.17) is 5.73 Å². The summed E-state index contributed by atoms with van der Waals surface area (Å²) < 4.78 is 1.84. The second-order valence-electron chi connectivity index (χ2n) is 2.55. The number of hydrogen-bond acceptors (Lipinski definition) is 2. The number of hydrogen-bond donors (Lipinski definition) is 1. The van der Waals surface area contributed by atoms with Gasteiger partial charge in [-0.1, -0.05) is 0 Å². The molecule has 0 radical (unpaired) electrons. The molecular formula is C8H12N2O. The van der Waals surface area contributed by atoms with E-state index in [1.807, 2.05) is 24.6 Å². The van der Waals surface area contributed by atoms with E-state index in [1.54, 1.807) is 6.07 Å². The van der Waals surface area contributed by atoms with Gasteiger partial charge in [0.1, 0.15) is 0 Å². The molecule has 0 unspecified atom stereocenters. The maximum absolute atomic E-state index is 11.1. The van der Waals surface area contributed by atoms with Crippen LogP contribution in [-0.2, 0) is 7.05 Å². The number of nitrogens with zero attached hydrogens (tertiary/aromatic N) is 1. The van der Waals surface area contributed by atoms with Gasteiger partial charge in [-0.15, -0.1) is 0 Å². The Bertz CT molecular complexity index is 276. The average Bonchev–Trinajstić information content (AvgIpc) is 2.32. The van der Waals surface area contributed by atoms with Gasteiger partial charge in [-0.2, -0.15) is 0 Å². The quantitative estimate of drug-likeness (QED) is 0.626. The van der Waals surface area contributed by atoms with Gasteiger partial charge in [0, 0.05) is 12.7 Å². The van der Waals surface area contributed by atoms with E-state index in [0.717, 1.165) is 5.69 Å². The minimum atomic E-state index is -0.0133. The summed E-state index contributed by atoms with van der Waals surface area (Å²) in [5, 5.41) is 0. The molecule has 0 bridgehead atoms. The lowest BCUT2D eigenvalue weighted by molar-refractivity contribution is 0.0993. The first-order valence-corrected chi connectivity index (χ1v) is 3.52. The molecule has 2 N–H and O–H groups in total. The van der Waals surface area contributed by atoms with E-state index in [-0.39, 0.29) is 12.3 Å². The van der Waals surface area contributed by atoms with Crippen molar-refractivity contribution in [2.24, 2.45) is 12.8 Å². The summed E-state index contributed by atoms with van der Waals surface area (Å²) in [6, 6.07) is 3.70. The van der Waals surface area contributed by atoms with E-state index >= 15 is 0 Å². The molecule has 0 aliphatic heterocycles. The topological polar surface area (TPSA) is 48.0 Å². The van der Waals surface area contributed by atoms with Crippen molar-refractivity contribution in [2.75, 3.05) is 6.54 Å². The van der Waals surface area contributed by atoms with Crippen molar-refractivity contribution in [3.63, 3.8) is 0 Å². The van der Waals surface area contributed by atoms with Crippen molar-refractivity contribution in [1.29, 1.82) is 0 Å². The predicted octanol–water partition coefficient (Wildman–Crippen LogP) is 0.475. The fraction of sp³-hybridized carbons (Fsp3) is 0.375. The van der Waals surface area contributed by atoms with Crippen LogP contribution in [0.4, 0.5) is 0 Å². The fourth-order valence-corrected chi connectivity index (χ4v) is 0.998. The number of aromatic nitrogens is 1. The van der Waals surface area contributed by atoms with Gasteiger partial charge in [-0.3, -0.25) is 4.79 Å². The van der Waals surface area contributed by atoms with Crippen molar-refractivity contribution in [2.45, 2.75) is 6.92 Å². The number of carbonyl (C=O) groups excluding carboxylic acids is 1. The molecule has 1 rings (SSSR count). The van der Waals surface area contributed by atoms with E-state index in [1.165, 1.54) is 0 Å². The molecule has 0 aliphatic carbocycles. The summed E-state index contributed by atoms with van der Waals surface area (Å²) >= 11 is 0. The Morgan fingerprint density at radius 3 is 2.64 bits per heavy atom. The van der Waals surface area contributed by atoms with Gasteiger partial charge in [0.2, 0.25) is 0 Å². The molecule has 3 heteroatoms. The zero-order valence-corrected chi connectivity index (χ0v) is 6.79. The molecule has 0 atom stereocenters. The summed E-state index contributed by atoms with van der Waals surface area (Å²) in [6.07, 6.45) is 0.